The quantitative estimate of drug-likeness (QED) is 0.916. The topological polar surface area (TPSA) is 67.6 Å². The van der Waals surface area contributed by atoms with Gasteiger partial charge in [-0.05, 0) is 44.2 Å². The van der Waals surface area contributed by atoms with Gasteiger partial charge in [0.25, 0.3) is 5.91 Å². The summed E-state index contributed by atoms with van der Waals surface area (Å²) in [6.45, 7) is 4.21. The van der Waals surface area contributed by atoms with Gasteiger partial charge in [0.05, 0.1) is 0 Å². The summed E-state index contributed by atoms with van der Waals surface area (Å²) in [4.78, 5) is 14.3. The Labute approximate surface area is 137 Å². The summed E-state index contributed by atoms with van der Waals surface area (Å²) in [5, 5.41) is 7.27. The highest BCUT2D eigenvalue weighted by Gasteiger charge is 2.37. The summed E-state index contributed by atoms with van der Waals surface area (Å²) in [5.74, 6) is 0.567. The minimum atomic E-state index is -0.0233. The number of piperidine rings is 2. The molecule has 22 heavy (non-hydrogen) atoms. The molecule has 6 nitrogen and oxygen atoms in total. The van der Waals surface area contributed by atoms with Crippen LogP contribution in [0.3, 0.4) is 0 Å². The summed E-state index contributed by atoms with van der Waals surface area (Å²) in [6, 6.07) is 1.68. The van der Waals surface area contributed by atoms with E-state index in [4.69, 9.17) is 9.26 Å². The molecule has 1 aromatic rings. The Hall–Kier alpha value is -1.11. The van der Waals surface area contributed by atoms with Crippen LogP contribution in [0.4, 0.5) is 0 Å². The predicted octanol–water partition coefficient (Wildman–Crippen LogP) is 1.85. The van der Waals surface area contributed by atoms with Crippen LogP contribution in [0, 0.1) is 5.41 Å². The number of aromatic nitrogens is 1. The Balaban J connectivity index is 0.00000176. The fraction of sp³-hybridized carbons (Fsp3) is 0.733. The van der Waals surface area contributed by atoms with Crippen molar-refractivity contribution in [3.63, 3.8) is 0 Å². The molecule has 1 spiro atoms. The van der Waals surface area contributed by atoms with Gasteiger partial charge in [0, 0.05) is 26.3 Å². The van der Waals surface area contributed by atoms with Crippen molar-refractivity contribution >= 4 is 18.3 Å². The van der Waals surface area contributed by atoms with Crippen LogP contribution >= 0.6 is 12.4 Å². The van der Waals surface area contributed by atoms with E-state index < -0.39 is 0 Å². The SMILES string of the molecule is COCc1cc(C(=O)N2CCC3(CCNCC3)CC2)no1.Cl. The predicted molar refractivity (Wildman–Crippen MR) is 84.1 cm³/mol. The van der Waals surface area contributed by atoms with E-state index >= 15 is 0 Å². The molecule has 0 bridgehead atoms. The molecule has 7 heteroatoms. The molecular formula is C15H24ClN3O3. The summed E-state index contributed by atoms with van der Waals surface area (Å²) in [5.41, 5.74) is 0.843. The second kappa shape index (κ2) is 7.44. The Morgan fingerprint density at radius 3 is 2.68 bits per heavy atom. The lowest BCUT2D eigenvalue weighted by molar-refractivity contribution is 0.0487. The first-order valence-electron chi connectivity index (χ1n) is 7.67. The Kier molecular flexibility index (Phi) is 5.83. The molecule has 3 rings (SSSR count). The minimum Gasteiger partial charge on any atom is -0.377 e. The zero-order valence-corrected chi connectivity index (χ0v) is 13.8. The van der Waals surface area contributed by atoms with Gasteiger partial charge in [0.15, 0.2) is 11.5 Å². The molecule has 2 aliphatic rings. The zero-order valence-electron chi connectivity index (χ0n) is 13.0. The van der Waals surface area contributed by atoms with E-state index in [-0.39, 0.29) is 18.3 Å². The van der Waals surface area contributed by atoms with Gasteiger partial charge in [-0.1, -0.05) is 5.16 Å². The molecule has 0 radical (unpaired) electrons. The molecule has 2 saturated heterocycles. The van der Waals surface area contributed by atoms with Gasteiger partial charge in [-0.15, -0.1) is 12.4 Å². The van der Waals surface area contributed by atoms with Crippen molar-refractivity contribution in [3.8, 4) is 0 Å². The maximum Gasteiger partial charge on any atom is 0.276 e. The summed E-state index contributed by atoms with van der Waals surface area (Å²) in [6.07, 6.45) is 4.67. The van der Waals surface area contributed by atoms with Gasteiger partial charge < -0.3 is 19.5 Å². The highest BCUT2D eigenvalue weighted by atomic mass is 35.5. The number of likely N-dealkylation sites (tertiary alicyclic amines) is 1. The first kappa shape index (κ1) is 17.2. The van der Waals surface area contributed by atoms with Crippen LogP contribution in [0.2, 0.25) is 0 Å². The number of amides is 1. The number of rotatable bonds is 3. The smallest absolute Gasteiger partial charge is 0.276 e. The van der Waals surface area contributed by atoms with Crippen LogP contribution in [0.25, 0.3) is 0 Å². The van der Waals surface area contributed by atoms with Crippen molar-refractivity contribution in [2.24, 2.45) is 5.41 Å². The van der Waals surface area contributed by atoms with Crippen molar-refractivity contribution in [2.45, 2.75) is 32.3 Å². The highest BCUT2D eigenvalue weighted by molar-refractivity contribution is 5.92. The van der Waals surface area contributed by atoms with Crippen LogP contribution in [0.1, 0.15) is 41.9 Å². The summed E-state index contributed by atoms with van der Waals surface area (Å²) >= 11 is 0. The van der Waals surface area contributed by atoms with Gasteiger partial charge in [0.1, 0.15) is 6.61 Å². The van der Waals surface area contributed by atoms with E-state index in [1.807, 2.05) is 4.90 Å². The average Bonchev–Trinajstić information content (AvgIpc) is 2.97. The first-order valence-corrected chi connectivity index (χ1v) is 7.67. The van der Waals surface area contributed by atoms with Gasteiger partial charge in [-0.3, -0.25) is 4.79 Å². The van der Waals surface area contributed by atoms with Gasteiger partial charge in [-0.25, -0.2) is 0 Å². The van der Waals surface area contributed by atoms with E-state index in [9.17, 15) is 4.79 Å². The van der Waals surface area contributed by atoms with Crippen molar-refractivity contribution in [2.75, 3.05) is 33.3 Å². The third-order valence-electron chi connectivity index (χ3n) is 4.84. The molecule has 0 aromatic carbocycles. The second-order valence-corrected chi connectivity index (χ2v) is 6.15. The maximum absolute atomic E-state index is 12.4. The molecular weight excluding hydrogens is 306 g/mol. The molecule has 1 amide bonds. The third-order valence-corrected chi connectivity index (χ3v) is 4.84. The molecule has 1 N–H and O–H groups in total. The second-order valence-electron chi connectivity index (χ2n) is 6.15. The van der Waals surface area contributed by atoms with Gasteiger partial charge in [0.2, 0.25) is 0 Å². The zero-order chi connectivity index (χ0) is 14.7. The van der Waals surface area contributed by atoms with E-state index in [1.54, 1.807) is 13.2 Å². The number of halogens is 1. The molecule has 1 aromatic heterocycles. The summed E-state index contributed by atoms with van der Waals surface area (Å²) < 4.78 is 10.1. The average molecular weight is 330 g/mol. The van der Waals surface area contributed by atoms with Crippen LogP contribution < -0.4 is 5.32 Å². The standard InChI is InChI=1S/C15H23N3O3.ClH/c1-20-11-12-10-13(17-21-12)14(19)18-8-4-15(5-9-18)2-6-16-7-3-15;/h10,16H,2-9,11H2,1H3;1H. The maximum atomic E-state index is 12.4. The van der Waals surface area contributed by atoms with Gasteiger partial charge >= 0.3 is 0 Å². The van der Waals surface area contributed by atoms with Crippen molar-refractivity contribution in [1.82, 2.24) is 15.4 Å². The lowest BCUT2D eigenvalue weighted by atomic mass is 9.71. The number of nitrogens with zero attached hydrogens (tertiary/aromatic N) is 2. The van der Waals surface area contributed by atoms with Crippen molar-refractivity contribution in [1.29, 1.82) is 0 Å². The molecule has 0 saturated carbocycles. The monoisotopic (exact) mass is 329 g/mol. The van der Waals surface area contributed by atoms with E-state index in [1.165, 1.54) is 12.8 Å². The normalized spacial score (nSPS) is 20.7. The van der Waals surface area contributed by atoms with Crippen molar-refractivity contribution < 1.29 is 14.1 Å². The largest absolute Gasteiger partial charge is 0.377 e. The molecule has 2 fully saturated rings. The number of hydrogen-bond donors (Lipinski definition) is 1. The molecule has 124 valence electrons. The molecule has 0 unspecified atom stereocenters. The van der Waals surface area contributed by atoms with E-state index in [0.29, 0.717) is 23.5 Å². The molecule has 2 aliphatic heterocycles. The fourth-order valence-corrected chi connectivity index (χ4v) is 3.43. The van der Waals surface area contributed by atoms with E-state index in [0.717, 1.165) is 39.0 Å². The lowest BCUT2D eigenvalue weighted by Crippen LogP contribution is -2.47. The lowest BCUT2D eigenvalue weighted by Gasteiger charge is -2.44. The Morgan fingerprint density at radius 1 is 1.36 bits per heavy atom. The highest BCUT2D eigenvalue weighted by Crippen LogP contribution is 2.39. The van der Waals surface area contributed by atoms with Crippen LogP contribution in [0.5, 0.6) is 0 Å². The number of ether oxygens (including phenoxy) is 1. The number of carbonyl (C=O) groups excluding carboxylic acids is 1. The van der Waals surface area contributed by atoms with Crippen molar-refractivity contribution in [3.05, 3.63) is 17.5 Å². The Bertz CT molecular complexity index is 490. The molecule has 0 aliphatic carbocycles. The number of methoxy groups -OCH3 is 1. The van der Waals surface area contributed by atoms with E-state index in [2.05, 4.69) is 10.5 Å². The van der Waals surface area contributed by atoms with Crippen LogP contribution in [-0.4, -0.2) is 49.3 Å². The minimum absolute atomic E-state index is 0. The summed E-state index contributed by atoms with van der Waals surface area (Å²) in [7, 11) is 1.59. The molecule has 0 atom stereocenters. The number of hydrogen-bond acceptors (Lipinski definition) is 5. The van der Waals surface area contributed by atoms with Gasteiger partial charge in [-0.2, -0.15) is 0 Å². The van der Waals surface area contributed by atoms with Crippen LogP contribution in [0.15, 0.2) is 10.6 Å². The molecule has 3 heterocycles. The Morgan fingerprint density at radius 2 is 2.05 bits per heavy atom. The number of nitrogens with one attached hydrogen (secondary N) is 1. The first-order chi connectivity index (χ1) is 10.2. The fourth-order valence-electron chi connectivity index (χ4n) is 3.43. The third kappa shape index (κ3) is 3.62. The number of carbonyl (C=O) groups is 1. The van der Waals surface area contributed by atoms with Crippen LogP contribution in [-0.2, 0) is 11.3 Å².